The second-order valence-corrected chi connectivity index (χ2v) is 3.98. The first kappa shape index (κ1) is 11.0. The summed E-state index contributed by atoms with van der Waals surface area (Å²) in [7, 11) is -1.90. The Hall–Kier alpha value is 0.0200. The van der Waals surface area contributed by atoms with Crippen molar-refractivity contribution in [3.63, 3.8) is 0 Å². The van der Waals surface area contributed by atoms with E-state index in [-0.39, 0.29) is 6.10 Å². The van der Waals surface area contributed by atoms with Crippen LogP contribution in [0, 0.1) is 5.92 Å². The van der Waals surface area contributed by atoms with Crippen molar-refractivity contribution in [1.29, 1.82) is 0 Å². The minimum Gasteiger partial charge on any atom is -0.119 e. The van der Waals surface area contributed by atoms with Crippen LogP contribution in [0.15, 0.2) is 0 Å². The van der Waals surface area contributed by atoms with Crippen molar-refractivity contribution >= 4 is 8.25 Å². The molecule has 66 valence electrons. The van der Waals surface area contributed by atoms with Gasteiger partial charge in [-0.2, -0.15) is 0 Å². The molecule has 0 saturated carbocycles. The topological polar surface area (TPSA) is 35.5 Å². The summed E-state index contributed by atoms with van der Waals surface area (Å²) >= 11 is 0. The van der Waals surface area contributed by atoms with Gasteiger partial charge in [-0.1, -0.05) is 13.8 Å². The van der Waals surface area contributed by atoms with Gasteiger partial charge in [0.15, 0.2) is 0 Å². The highest BCUT2D eigenvalue weighted by molar-refractivity contribution is 7.33. The zero-order chi connectivity index (χ0) is 8.85. The van der Waals surface area contributed by atoms with Crippen LogP contribution < -0.4 is 0 Å². The summed E-state index contributed by atoms with van der Waals surface area (Å²) in [6.45, 7) is 8.14. The average molecular weight is 179 g/mol. The van der Waals surface area contributed by atoms with E-state index in [1.165, 1.54) is 0 Å². The zero-order valence-corrected chi connectivity index (χ0v) is 8.43. The van der Waals surface area contributed by atoms with Gasteiger partial charge in [0.2, 0.25) is 0 Å². The fraction of sp³-hybridized carbons (Fsp3) is 1.00. The van der Waals surface area contributed by atoms with Gasteiger partial charge in [-0.25, -0.2) is 0 Å². The molecule has 4 heteroatoms. The fourth-order valence-corrected chi connectivity index (χ4v) is 1.24. The first-order chi connectivity index (χ1) is 5.02. The van der Waals surface area contributed by atoms with Crippen molar-refractivity contribution in [3.8, 4) is 0 Å². The third kappa shape index (κ3) is 7.92. The Labute approximate surface area is 69.0 Å². The van der Waals surface area contributed by atoms with Gasteiger partial charge in [-0.05, 0) is 19.8 Å². The first-order valence-corrected chi connectivity index (χ1v) is 4.89. The van der Waals surface area contributed by atoms with Crippen molar-refractivity contribution in [1.82, 2.24) is 0 Å². The van der Waals surface area contributed by atoms with Crippen molar-refractivity contribution in [2.45, 2.75) is 33.8 Å². The standard InChI is InChI=1S/C7H16O3P/c1-6(2)5-9-11(8)10-7(3)4/h6-7H,5H2,1-4H3/q+1. The van der Waals surface area contributed by atoms with Crippen molar-refractivity contribution in [2.24, 2.45) is 5.92 Å². The average Bonchev–Trinajstić information content (AvgIpc) is 1.82. The predicted octanol–water partition coefficient (Wildman–Crippen LogP) is 2.74. The van der Waals surface area contributed by atoms with Crippen molar-refractivity contribution < 1.29 is 13.6 Å². The Bertz CT molecular complexity index is 123. The van der Waals surface area contributed by atoms with Crippen LogP contribution in [0.2, 0.25) is 0 Å². The van der Waals surface area contributed by atoms with Gasteiger partial charge in [-0.3, -0.25) is 0 Å². The van der Waals surface area contributed by atoms with Gasteiger partial charge >= 0.3 is 8.25 Å². The molecule has 0 aliphatic rings. The molecule has 0 aromatic rings. The van der Waals surface area contributed by atoms with Crippen LogP contribution in [0.25, 0.3) is 0 Å². The number of rotatable bonds is 5. The molecular formula is C7H16O3P+. The minimum absolute atomic E-state index is 0.0363. The molecule has 0 spiro atoms. The third-order valence-electron chi connectivity index (χ3n) is 0.810. The van der Waals surface area contributed by atoms with Crippen molar-refractivity contribution in [3.05, 3.63) is 0 Å². The van der Waals surface area contributed by atoms with E-state index in [2.05, 4.69) is 0 Å². The van der Waals surface area contributed by atoms with Crippen LogP contribution in [-0.4, -0.2) is 12.7 Å². The highest BCUT2D eigenvalue weighted by Gasteiger charge is 2.22. The predicted molar refractivity (Wildman–Crippen MR) is 44.6 cm³/mol. The Morgan fingerprint density at radius 3 is 2.18 bits per heavy atom. The molecular weight excluding hydrogens is 163 g/mol. The van der Waals surface area contributed by atoms with Gasteiger partial charge in [0.05, 0.1) is 0 Å². The lowest BCUT2D eigenvalue weighted by Crippen LogP contribution is -2.00. The maximum atomic E-state index is 10.9. The zero-order valence-electron chi connectivity index (χ0n) is 7.53. The van der Waals surface area contributed by atoms with Crippen LogP contribution in [0.5, 0.6) is 0 Å². The minimum atomic E-state index is -1.90. The molecule has 0 amide bonds. The van der Waals surface area contributed by atoms with E-state index >= 15 is 0 Å². The number of hydrogen-bond donors (Lipinski definition) is 0. The van der Waals surface area contributed by atoms with Gasteiger partial charge in [-0.15, -0.1) is 9.05 Å². The lowest BCUT2D eigenvalue weighted by molar-refractivity contribution is 0.175. The van der Waals surface area contributed by atoms with E-state index in [1.54, 1.807) is 0 Å². The second kappa shape index (κ2) is 5.64. The molecule has 0 fully saturated rings. The molecule has 11 heavy (non-hydrogen) atoms. The SMILES string of the molecule is CC(C)CO[P+](=O)OC(C)C. The van der Waals surface area contributed by atoms with Gasteiger partial charge < -0.3 is 0 Å². The Morgan fingerprint density at radius 2 is 1.82 bits per heavy atom. The lowest BCUT2D eigenvalue weighted by atomic mass is 10.2. The Morgan fingerprint density at radius 1 is 1.27 bits per heavy atom. The van der Waals surface area contributed by atoms with E-state index in [4.69, 9.17) is 9.05 Å². The Kier molecular flexibility index (Phi) is 5.65. The molecule has 0 heterocycles. The normalized spacial score (nSPS) is 12.7. The molecule has 1 unspecified atom stereocenters. The molecule has 0 bridgehead atoms. The molecule has 3 nitrogen and oxygen atoms in total. The van der Waals surface area contributed by atoms with E-state index in [0.29, 0.717) is 12.5 Å². The van der Waals surface area contributed by atoms with Gasteiger partial charge in [0, 0.05) is 4.57 Å². The summed E-state index contributed by atoms with van der Waals surface area (Å²) < 4.78 is 20.7. The van der Waals surface area contributed by atoms with Crippen LogP contribution in [0.3, 0.4) is 0 Å². The maximum Gasteiger partial charge on any atom is 0.697 e. The van der Waals surface area contributed by atoms with Gasteiger partial charge in [0.25, 0.3) is 0 Å². The molecule has 1 atom stereocenters. The highest BCUT2D eigenvalue weighted by atomic mass is 31.1. The van der Waals surface area contributed by atoms with E-state index in [1.807, 2.05) is 27.7 Å². The summed E-state index contributed by atoms with van der Waals surface area (Å²) in [4.78, 5) is 0. The van der Waals surface area contributed by atoms with Gasteiger partial charge in [0.1, 0.15) is 12.7 Å². The molecule has 0 radical (unpaired) electrons. The lowest BCUT2D eigenvalue weighted by Gasteiger charge is -1.96. The Balaban J connectivity index is 3.38. The van der Waals surface area contributed by atoms with E-state index in [0.717, 1.165) is 0 Å². The third-order valence-corrected chi connectivity index (χ3v) is 1.76. The maximum absolute atomic E-state index is 10.9. The van der Waals surface area contributed by atoms with E-state index < -0.39 is 8.25 Å². The molecule has 0 rings (SSSR count). The fourth-order valence-electron chi connectivity index (χ4n) is 0.412. The largest absolute Gasteiger partial charge is 0.697 e. The molecule has 0 aliphatic carbocycles. The summed E-state index contributed by atoms with van der Waals surface area (Å²) in [5.41, 5.74) is 0. The molecule has 0 saturated heterocycles. The molecule has 0 aromatic carbocycles. The summed E-state index contributed by atoms with van der Waals surface area (Å²) in [5, 5.41) is 0. The van der Waals surface area contributed by atoms with Crippen LogP contribution in [0.1, 0.15) is 27.7 Å². The molecule has 0 aromatic heterocycles. The monoisotopic (exact) mass is 179 g/mol. The van der Waals surface area contributed by atoms with Crippen molar-refractivity contribution in [2.75, 3.05) is 6.61 Å². The van der Waals surface area contributed by atoms with Crippen LogP contribution in [-0.2, 0) is 13.6 Å². The summed E-state index contributed by atoms with van der Waals surface area (Å²) in [5.74, 6) is 0.393. The summed E-state index contributed by atoms with van der Waals surface area (Å²) in [6.07, 6.45) is -0.0363. The molecule has 0 aliphatic heterocycles. The smallest absolute Gasteiger partial charge is 0.119 e. The first-order valence-electron chi connectivity index (χ1n) is 3.79. The van der Waals surface area contributed by atoms with Crippen LogP contribution in [0.4, 0.5) is 0 Å². The highest BCUT2D eigenvalue weighted by Crippen LogP contribution is 2.26. The quantitative estimate of drug-likeness (QED) is 0.608. The van der Waals surface area contributed by atoms with E-state index in [9.17, 15) is 4.57 Å². The second-order valence-electron chi connectivity index (χ2n) is 3.07. The van der Waals surface area contributed by atoms with Crippen LogP contribution >= 0.6 is 8.25 Å². The molecule has 0 N–H and O–H groups in total. The number of hydrogen-bond acceptors (Lipinski definition) is 3. The summed E-state index contributed by atoms with van der Waals surface area (Å²) in [6, 6.07) is 0.